The van der Waals surface area contributed by atoms with Crippen LogP contribution in [0.4, 0.5) is 47.7 Å². The van der Waals surface area contributed by atoms with Crippen molar-refractivity contribution in [3.05, 3.63) is 256 Å². The summed E-state index contributed by atoms with van der Waals surface area (Å²) in [6.07, 6.45) is 2.73. The maximum absolute atomic E-state index is 12.6. The van der Waals surface area contributed by atoms with Crippen molar-refractivity contribution in [3.8, 4) is 45.0 Å². The summed E-state index contributed by atoms with van der Waals surface area (Å²) in [6, 6.07) is 49.5. The number of rotatable bonds is 29. The van der Waals surface area contributed by atoms with E-state index in [0.29, 0.717) is 118 Å². The molecule has 4 aromatic heterocycles. The van der Waals surface area contributed by atoms with Crippen LogP contribution in [-0.2, 0) is 35.2 Å². The van der Waals surface area contributed by atoms with E-state index in [1.807, 2.05) is 99.6 Å². The number of nitrogens with one attached hydrogen (secondary N) is 7. The molecule has 0 fully saturated rings. The van der Waals surface area contributed by atoms with Gasteiger partial charge >= 0.3 is 24.1 Å². The normalized spacial score (nSPS) is 11.0. The number of anilines is 7. The Balaban J connectivity index is 0.000000229. The zero-order valence-corrected chi connectivity index (χ0v) is 86.7. The Kier molecular flexibility index (Phi) is 44.7. The van der Waals surface area contributed by atoms with Crippen molar-refractivity contribution in [2.45, 2.75) is 134 Å². The van der Waals surface area contributed by atoms with Crippen LogP contribution in [0, 0.1) is 23.7 Å². The molecule has 0 aliphatic carbocycles. The number of carbonyl (C=O) groups excluding carboxylic acids is 4. The lowest BCUT2D eigenvalue weighted by atomic mass is 10.0. The van der Waals surface area contributed by atoms with E-state index in [-0.39, 0.29) is 36.0 Å². The maximum Gasteiger partial charge on any atom is 0.407 e. The Morgan fingerprint density at radius 3 is 0.947 bits per heavy atom. The molecular formula is C96H109BrCl8N14O10S4. The van der Waals surface area contributed by atoms with Gasteiger partial charge in [0.1, 0.15) is 11.2 Å². The molecule has 12 rings (SSSR count). The van der Waals surface area contributed by atoms with Gasteiger partial charge in [-0.05, 0) is 228 Å². The standard InChI is InChI=1S/C27H32Cl2N4O3S.C22H24Cl2N4OS.C20H18Cl2N2O2S.C13H12BrCl2NS.C7H16N2O2.C7H7NO2/c1-16(2)13-22-23(17-9-10-20(28)21(29)15-17)33-25(37-22)32-19-8-6-7-18(14-19)24(34)30-11-12-31-26(35)36-27(3,4)5;1-13(2)10-19-20(14-6-7-17(23)18(24)12-14)28-22(30-19)27-16-5-3-4-15(11-16)21(29)26-9-8-25;1-11(2)8-17-18(12-6-7-15(21)16(22)10-12)24-20(27-17)23-14-5-3-4-13(9-14)19(25)26;1-7(2)5-11-12(17-13(14)18-11)8-3-4-9(15)10(16)6-8;1-7(2,3)11-6(10)9-5-4-8;8-6-3-1-2-5(4-6)7(9)10/h6-10,14-16H,11-13H2,1-5H3,(H,30,34)(H,31,35)(H,32,33);3-7,11-13H,8-10,25H2,1-2H3,(H,26,29)(H,27,28);3-7,9-11H,8H2,1-2H3,(H,23,24)(H,25,26);3-4,6-7H,5H2,1-2H3;4-5,8H2,1-3H3,(H,9,10);1-4H,8H2,(H,9,10). The number of alkyl carbamates (subject to hydrolysis) is 2. The molecule has 15 N–H and O–H groups in total. The fourth-order valence-electron chi connectivity index (χ4n) is 11.8. The predicted octanol–water partition coefficient (Wildman–Crippen LogP) is 27.3. The smallest absolute Gasteiger partial charge is 0.407 e. The summed E-state index contributed by atoms with van der Waals surface area (Å²) in [5, 5.41) is 44.5. The number of ether oxygens (including phenoxy) is 2. The second-order valence-electron chi connectivity index (χ2n) is 33.3. The van der Waals surface area contributed by atoms with Crippen LogP contribution >= 0.6 is 154 Å². The minimum atomic E-state index is -0.963. The molecule has 0 saturated heterocycles. The van der Waals surface area contributed by atoms with Crippen LogP contribution in [0.25, 0.3) is 45.0 Å². The number of carboxylic acid groups (broad SMARTS) is 2. The summed E-state index contributed by atoms with van der Waals surface area (Å²) >= 11 is 58.7. The lowest BCUT2D eigenvalue weighted by Gasteiger charge is -2.19. The number of thiazole rings is 4. The number of carboxylic acids is 2. The third-order valence-corrected chi connectivity index (χ3v) is 24.9. The molecule has 37 heteroatoms. The third-order valence-electron chi connectivity index (χ3n) is 17.5. The first-order valence-electron chi connectivity index (χ1n) is 42.0. The van der Waals surface area contributed by atoms with Gasteiger partial charge in [-0.25, -0.2) is 39.1 Å². The van der Waals surface area contributed by atoms with Gasteiger partial charge in [-0.15, -0.1) is 45.3 Å². The van der Waals surface area contributed by atoms with E-state index in [1.165, 1.54) is 21.9 Å². The molecule has 24 nitrogen and oxygen atoms in total. The first-order valence-corrected chi connectivity index (χ1v) is 49.1. The molecule has 8 aromatic carbocycles. The first-order chi connectivity index (χ1) is 62.7. The highest BCUT2D eigenvalue weighted by molar-refractivity contribution is 9.11. The highest BCUT2D eigenvalue weighted by atomic mass is 79.9. The maximum atomic E-state index is 12.6. The fraction of sp³-hybridized carbons (Fsp3) is 0.312. The molecule has 710 valence electrons. The average molecular weight is 2110 g/mol. The minimum Gasteiger partial charge on any atom is -0.478 e. The largest absolute Gasteiger partial charge is 0.478 e. The SMILES string of the molecule is CC(C)(C)OC(=O)NCCN.CC(C)Cc1sc(Br)nc1-c1ccc(Cl)c(Cl)c1.CC(C)Cc1sc(Nc2cccc(C(=O)NCCN)c2)nc1-c1ccc(Cl)c(Cl)c1.CC(C)Cc1sc(Nc2cccc(C(=O)NCCNC(=O)OC(C)(C)C)c2)nc1-c1ccc(Cl)c(Cl)c1.CC(C)Cc1sc(Nc2cccc(C(=O)O)c2)nc1-c1ccc(Cl)c(Cl)c1.Nc1cccc(C(=O)O)c1. The van der Waals surface area contributed by atoms with Gasteiger partial charge in [-0.1, -0.05) is 197 Å². The van der Waals surface area contributed by atoms with E-state index >= 15 is 0 Å². The van der Waals surface area contributed by atoms with Gasteiger partial charge in [0.25, 0.3) is 11.8 Å². The van der Waals surface area contributed by atoms with E-state index in [2.05, 4.69) is 114 Å². The number of carbonyl (C=O) groups is 6. The topological polar surface area (TPSA) is 375 Å². The second kappa shape index (κ2) is 53.8. The zero-order valence-electron chi connectivity index (χ0n) is 75.8. The van der Waals surface area contributed by atoms with E-state index in [9.17, 15) is 28.8 Å². The Labute approximate surface area is 841 Å². The number of aromatic carboxylic acids is 2. The summed E-state index contributed by atoms with van der Waals surface area (Å²) in [7, 11) is 0. The van der Waals surface area contributed by atoms with Crippen molar-refractivity contribution in [3.63, 3.8) is 0 Å². The van der Waals surface area contributed by atoms with Crippen LogP contribution in [0.1, 0.15) is 158 Å². The van der Waals surface area contributed by atoms with Crippen LogP contribution in [-0.4, -0.2) is 117 Å². The Morgan fingerprint density at radius 2 is 0.647 bits per heavy atom. The molecule has 0 saturated carbocycles. The predicted molar refractivity (Wildman–Crippen MR) is 557 cm³/mol. The number of benzene rings is 8. The second-order valence-corrected chi connectivity index (χ2v) is 42.2. The molecule has 133 heavy (non-hydrogen) atoms. The average Bonchev–Trinajstić information content (AvgIpc) is 1.69. The molecule has 0 atom stereocenters. The first kappa shape index (κ1) is 111. The van der Waals surface area contributed by atoms with Crippen molar-refractivity contribution in [2.75, 3.05) is 61.0 Å². The van der Waals surface area contributed by atoms with Crippen molar-refractivity contribution in [2.24, 2.45) is 35.1 Å². The Bertz CT molecular complexity index is 5920. The van der Waals surface area contributed by atoms with Gasteiger partial charge in [-0.3, -0.25) is 9.59 Å². The molecular weight excluding hydrogens is 2000 g/mol. The number of amides is 4. The lowest BCUT2D eigenvalue weighted by Crippen LogP contribution is -2.37. The van der Waals surface area contributed by atoms with Crippen LogP contribution in [0.2, 0.25) is 40.2 Å². The summed E-state index contributed by atoms with van der Waals surface area (Å²) in [5.41, 5.74) is 26.5. The summed E-state index contributed by atoms with van der Waals surface area (Å²) < 4.78 is 11.0. The number of halogens is 9. The molecule has 0 unspecified atom stereocenters. The van der Waals surface area contributed by atoms with Crippen LogP contribution in [0.3, 0.4) is 0 Å². The minimum absolute atomic E-state index is 0.153. The summed E-state index contributed by atoms with van der Waals surface area (Å²) in [6.45, 7) is 30.5. The fourth-order valence-corrected chi connectivity index (χ4v) is 18.5. The van der Waals surface area contributed by atoms with Gasteiger partial charge < -0.3 is 74.1 Å². The molecule has 0 spiro atoms. The summed E-state index contributed by atoms with van der Waals surface area (Å²) in [5.74, 6) is -0.317. The molecule has 4 heterocycles. The van der Waals surface area contributed by atoms with Gasteiger partial charge in [0.15, 0.2) is 19.3 Å². The van der Waals surface area contributed by atoms with E-state index < -0.39 is 35.3 Å². The van der Waals surface area contributed by atoms with E-state index in [0.717, 1.165) is 106 Å². The van der Waals surface area contributed by atoms with E-state index in [1.54, 1.807) is 145 Å². The number of hydrogen-bond donors (Lipinski definition) is 12. The number of hydrogen-bond acceptors (Lipinski definition) is 22. The summed E-state index contributed by atoms with van der Waals surface area (Å²) in [4.78, 5) is 92.5. The Hall–Kier alpha value is -9.38. The molecule has 12 aromatic rings. The number of aromatic nitrogens is 4. The van der Waals surface area contributed by atoms with Gasteiger partial charge in [0.2, 0.25) is 0 Å². The monoisotopic (exact) mass is 2100 g/mol. The van der Waals surface area contributed by atoms with E-state index in [4.69, 9.17) is 145 Å². The third kappa shape index (κ3) is 38.4. The lowest BCUT2D eigenvalue weighted by molar-refractivity contribution is 0.0517. The Morgan fingerprint density at radius 1 is 0.368 bits per heavy atom. The number of nitrogens with zero attached hydrogens (tertiary/aromatic N) is 4. The van der Waals surface area contributed by atoms with Crippen molar-refractivity contribution >= 4 is 228 Å². The van der Waals surface area contributed by atoms with Crippen molar-refractivity contribution in [1.82, 2.24) is 41.2 Å². The molecule has 0 bridgehead atoms. The number of nitrogen functional groups attached to an aromatic ring is 1. The quantitative estimate of drug-likeness (QED) is 0.0153. The van der Waals surface area contributed by atoms with Crippen LogP contribution in [0.5, 0.6) is 0 Å². The molecule has 0 radical (unpaired) electrons. The van der Waals surface area contributed by atoms with Crippen LogP contribution < -0.4 is 54.4 Å². The van der Waals surface area contributed by atoms with Crippen LogP contribution in [0.15, 0.2) is 174 Å². The van der Waals surface area contributed by atoms with Gasteiger partial charge in [-0.2, -0.15) is 0 Å². The van der Waals surface area contributed by atoms with Crippen molar-refractivity contribution < 1.29 is 48.5 Å². The van der Waals surface area contributed by atoms with Crippen molar-refractivity contribution in [1.29, 1.82) is 0 Å². The van der Waals surface area contributed by atoms with Gasteiger partial charge in [0.05, 0.1) is 74.1 Å². The molecule has 0 aliphatic heterocycles. The molecule has 0 aliphatic rings. The highest BCUT2D eigenvalue weighted by Gasteiger charge is 2.24. The molecule has 4 amide bonds. The van der Waals surface area contributed by atoms with Gasteiger partial charge in [0, 0.05) is 115 Å². The zero-order chi connectivity index (χ0) is 98.1. The highest BCUT2D eigenvalue weighted by Crippen LogP contribution is 2.42. The number of nitrogens with two attached hydrogens (primary N) is 3.